The number of aliphatic hydroxyl groups excluding tert-OH is 2. The average Bonchev–Trinajstić information content (AvgIpc) is 2.88. The van der Waals surface area contributed by atoms with Crippen molar-refractivity contribution in [2.24, 2.45) is 5.73 Å². The zero-order valence-electron chi connectivity index (χ0n) is 11.9. The van der Waals surface area contributed by atoms with E-state index in [0.29, 0.717) is 0 Å². The SMILES string of the molecule is NC(=O)c1cn(C2C[C@H](O)C(CO)O2)c2ncnc(N)c2c1=O. The Morgan fingerprint density at radius 1 is 1.48 bits per heavy atom. The lowest BCUT2D eigenvalue weighted by molar-refractivity contribution is -0.0432. The minimum atomic E-state index is -0.925. The quantitative estimate of drug-likeness (QED) is 0.509. The summed E-state index contributed by atoms with van der Waals surface area (Å²) in [5.74, 6) is -1.01. The number of carbonyl (C=O) groups excluding carboxylic acids is 1. The summed E-state index contributed by atoms with van der Waals surface area (Å²) in [6, 6.07) is 0. The standard InChI is InChI=1S/C13H15N5O5/c14-11-9-10(21)5(12(15)22)2-18(13(9)17-4-16-11)8-1-6(20)7(3-19)23-8/h2,4,6-8,19-20H,1,3H2,(H2,15,22)(H2,14,16,17)/t6-,7?,8?/m0/s1. The van der Waals surface area contributed by atoms with Gasteiger partial charge in [0.2, 0.25) is 5.43 Å². The Hall–Kier alpha value is -2.56. The molecule has 10 nitrogen and oxygen atoms in total. The van der Waals surface area contributed by atoms with Gasteiger partial charge in [-0.2, -0.15) is 0 Å². The molecule has 1 aliphatic rings. The summed E-state index contributed by atoms with van der Waals surface area (Å²) in [7, 11) is 0. The Morgan fingerprint density at radius 2 is 2.22 bits per heavy atom. The summed E-state index contributed by atoms with van der Waals surface area (Å²) in [4.78, 5) is 31.6. The lowest BCUT2D eigenvalue weighted by Gasteiger charge is -2.18. The van der Waals surface area contributed by atoms with Gasteiger partial charge in [-0.25, -0.2) is 9.97 Å². The molecule has 3 heterocycles. The van der Waals surface area contributed by atoms with Crippen molar-refractivity contribution in [1.82, 2.24) is 14.5 Å². The highest BCUT2D eigenvalue weighted by Crippen LogP contribution is 2.30. The number of pyridine rings is 1. The van der Waals surface area contributed by atoms with E-state index < -0.39 is 29.8 Å². The van der Waals surface area contributed by atoms with Crippen LogP contribution in [0.25, 0.3) is 11.0 Å². The fourth-order valence-electron chi connectivity index (χ4n) is 2.64. The van der Waals surface area contributed by atoms with Crippen molar-refractivity contribution in [3.8, 4) is 0 Å². The fourth-order valence-corrected chi connectivity index (χ4v) is 2.64. The predicted octanol–water partition coefficient (Wildman–Crippen LogP) is -1.89. The monoisotopic (exact) mass is 321 g/mol. The highest BCUT2D eigenvalue weighted by Gasteiger charge is 2.35. The van der Waals surface area contributed by atoms with Crippen LogP contribution < -0.4 is 16.9 Å². The first kappa shape index (κ1) is 15.3. The number of nitrogens with two attached hydrogens (primary N) is 2. The van der Waals surface area contributed by atoms with Crippen molar-refractivity contribution >= 4 is 22.8 Å². The molecule has 3 atom stereocenters. The van der Waals surface area contributed by atoms with E-state index in [1.54, 1.807) is 0 Å². The Morgan fingerprint density at radius 3 is 2.83 bits per heavy atom. The van der Waals surface area contributed by atoms with Crippen molar-refractivity contribution in [2.45, 2.75) is 24.9 Å². The van der Waals surface area contributed by atoms with Gasteiger partial charge in [0.1, 0.15) is 35.4 Å². The number of amides is 1. The fraction of sp³-hybridized carbons (Fsp3) is 0.385. The van der Waals surface area contributed by atoms with Crippen LogP contribution in [0.3, 0.4) is 0 Å². The molecule has 3 rings (SSSR count). The van der Waals surface area contributed by atoms with Gasteiger partial charge >= 0.3 is 0 Å². The van der Waals surface area contributed by atoms with Crippen LogP contribution in [0, 0.1) is 0 Å². The molecule has 0 saturated carbocycles. The van der Waals surface area contributed by atoms with E-state index in [4.69, 9.17) is 16.2 Å². The van der Waals surface area contributed by atoms with Crippen LogP contribution in [0.4, 0.5) is 5.82 Å². The number of primary amides is 1. The molecule has 23 heavy (non-hydrogen) atoms. The number of ether oxygens (including phenoxy) is 1. The number of aromatic nitrogens is 3. The number of hydrogen-bond acceptors (Lipinski definition) is 8. The van der Waals surface area contributed by atoms with Gasteiger partial charge in [0.25, 0.3) is 5.91 Å². The second kappa shape index (κ2) is 5.57. The number of hydrogen-bond donors (Lipinski definition) is 4. The molecule has 122 valence electrons. The molecular formula is C13H15N5O5. The zero-order chi connectivity index (χ0) is 16.7. The van der Waals surface area contributed by atoms with Crippen LogP contribution in [0.15, 0.2) is 17.3 Å². The molecule has 1 saturated heterocycles. The van der Waals surface area contributed by atoms with Gasteiger partial charge in [0, 0.05) is 12.6 Å². The van der Waals surface area contributed by atoms with E-state index >= 15 is 0 Å². The average molecular weight is 321 g/mol. The van der Waals surface area contributed by atoms with E-state index in [1.807, 2.05) is 0 Å². The van der Waals surface area contributed by atoms with Crippen molar-refractivity contribution in [3.63, 3.8) is 0 Å². The minimum Gasteiger partial charge on any atom is -0.394 e. The molecule has 10 heteroatoms. The maximum absolute atomic E-state index is 12.3. The summed E-state index contributed by atoms with van der Waals surface area (Å²) < 4.78 is 6.94. The normalized spacial score (nSPS) is 24.2. The van der Waals surface area contributed by atoms with Crippen LogP contribution in [0.5, 0.6) is 0 Å². The first-order valence-corrected chi connectivity index (χ1v) is 6.83. The van der Waals surface area contributed by atoms with Crippen molar-refractivity contribution in [3.05, 3.63) is 28.3 Å². The number of aliphatic hydroxyl groups is 2. The molecule has 0 aliphatic carbocycles. The lowest BCUT2D eigenvalue weighted by Crippen LogP contribution is -2.27. The molecule has 0 bridgehead atoms. The Kier molecular flexibility index (Phi) is 3.72. The van der Waals surface area contributed by atoms with Gasteiger partial charge in [-0.1, -0.05) is 0 Å². The molecular weight excluding hydrogens is 306 g/mol. The van der Waals surface area contributed by atoms with Crippen molar-refractivity contribution < 1.29 is 19.7 Å². The van der Waals surface area contributed by atoms with Gasteiger partial charge < -0.3 is 31.0 Å². The number of carbonyl (C=O) groups is 1. The molecule has 2 unspecified atom stereocenters. The summed E-state index contributed by atoms with van der Waals surface area (Å²) in [5, 5.41) is 19.0. The van der Waals surface area contributed by atoms with Crippen LogP contribution in [0.1, 0.15) is 23.0 Å². The van der Waals surface area contributed by atoms with Crippen LogP contribution in [-0.2, 0) is 4.74 Å². The van der Waals surface area contributed by atoms with E-state index in [9.17, 15) is 19.8 Å². The topological polar surface area (TPSA) is 167 Å². The number of fused-ring (bicyclic) bond motifs is 1. The third-order valence-electron chi connectivity index (χ3n) is 3.80. The largest absolute Gasteiger partial charge is 0.394 e. The van der Waals surface area contributed by atoms with Gasteiger partial charge in [-0.15, -0.1) is 0 Å². The Bertz CT molecular complexity index is 835. The highest BCUT2D eigenvalue weighted by molar-refractivity contribution is 5.97. The lowest BCUT2D eigenvalue weighted by atomic mass is 10.1. The molecule has 1 fully saturated rings. The first-order chi connectivity index (χ1) is 10.9. The summed E-state index contributed by atoms with van der Waals surface area (Å²) >= 11 is 0. The summed E-state index contributed by atoms with van der Waals surface area (Å²) in [6.45, 7) is -0.365. The minimum absolute atomic E-state index is 0.0469. The van der Waals surface area contributed by atoms with Crippen molar-refractivity contribution in [1.29, 1.82) is 0 Å². The van der Waals surface area contributed by atoms with Gasteiger partial charge in [0.05, 0.1) is 12.7 Å². The number of anilines is 1. The molecule has 1 amide bonds. The van der Waals surface area contributed by atoms with E-state index in [1.165, 1.54) is 17.1 Å². The van der Waals surface area contributed by atoms with Crippen LogP contribution in [0.2, 0.25) is 0 Å². The predicted molar refractivity (Wildman–Crippen MR) is 78.3 cm³/mol. The summed E-state index contributed by atoms with van der Waals surface area (Å²) in [6.07, 6.45) is 0.132. The maximum atomic E-state index is 12.3. The molecule has 2 aromatic heterocycles. The zero-order valence-corrected chi connectivity index (χ0v) is 11.9. The summed E-state index contributed by atoms with van der Waals surface area (Å²) in [5.41, 5.74) is 10.2. The molecule has 0 spiro atoms. The molecule has 0 radical (unpaired) electrons. The molecule has 2 aromatic rings. The molecule has 0 aromatic carbocycles. The second-order valence-electron chi connectivity index (χ2n) is 5.22. The van der Waals surface area contributed by atoms with Crippen molar-refractivity contribution in [2.75, 3.05) is 12.3 Å². The molecule has 6 N–H and O–H groups in total. The number of rotatable bonds is 3. The first-order valence-electron chi connectivity index (χ1n) is 6.83. The number of nitrogen functional groups attached to an aromatic ring is 1. The van der Waals surface area contributed by atoms with Crippen LogP contribution in [-0.4, -0.2) is 49.5 Å². The Balaban J connectivity index is 2.25. The van der Waals surface area contributed by atoms with Gasteiger partial charge in [0.15, 0.2) is 5.65 Å². The smallest absolute Gasteiger partial charge is 0.254 e. The third-order valence-corrected chi connectivity index (χ3v) is 3.80. The second-order valence-corrected chi connectivity index (χ2v) is 5.22. The van der Waals surface area contributed by atoms with E-state index in [0.717, 1.165) is 0 Å². The van der Waals surface area contributed by atoms with E-state index in [-0.39, 0.29) is 35.4 Å². The molecule has 1 aliphatic heterocycles. The maximum Gasteiger partial charge on any atom is 0.254 e. The third kappa shape index (κ3) is 2.42. The van der Waals surface area contributed by atoms with Gasteiger partial charge in [-0.05, 0) is 0 Å². The van der Waals surface area contributed by atoms with Gasteiger partial charge in [-0.3, -0.25) is 9.59 Å². The van der Waals surface area contributed by atoms with E-state index in [2.05, 4.69) is 9.97 Å². The highest BCUT2D eigenvalue weighted by atomic mass is 16.5. The Labute approximate surface area is 129 Å². The number of nitrogens with zero attached hydrogens (tertiary/aromatic N) is 3. The van der Waals surface area contributed by atoms with Crippen LogP contribution >= 0.6 is 0 Å².